The minimum Gasteiger partial charge on any atom is -0.505 e. The lowest BCUT2D eigenvalue weighted by Crippen LogP contribution is -1.89. The second kappa shape index (κ2) is 4.20. The second-order valence-corrected chi connectivity index (χ2v) is 4.42. The third-order valence-corrected chi connectivity index (χ3v) is 2.67. The number of hydrogen-bond acceptors (Lipinski definition) is 2. The van der Waals surface area contributed by atoms with Gasteiger partial charge in [0.05, 0.1) is 5.69 Å². The van der Waals surface area contributed by atoms with Crippen molar-refractivity contribution in [2.45, 2.75) is 26.7 Å². The van der Waals surface area contributed by atoms with Gasteiger partial charge in [0.2, 0.25) is 0 Å². The Hall–Kier alpha value is -1.84. The Balaban J connectivity index is 2.49. The molecule has 0 saturated carbocycles. The average Bonchev–Trinajstić information content (AvgIpc) is 2.65. The Morgan fingerprint density at radius 1 is 1.35 bits per heavy atom. The van der Waals surface area contributed by atoms with E-state index >= 15 is 0 Å². The van der Waals surface area contributed by atoms with E-state index in [0.29, 0.717) is 11.5 Å². The predicted octanol–water partition coefficient (Wildman–Crippen LogP) is 3.35. The highest BCUT2D eigenvalue weighted by Crippen LogP contribution is 2.27. The van der Waals surface area contributed by atoms with E-state index < -0.39 is 5.82 Å². The predicted molar refractivity (Wildman–Crippen MR) is 64.5 cm³/mol. The van der Waals surface area contributed by atoms with Gasteiger partial charge in [-0.3, -0.25) is 0 Å². The van der Waals surface area contributed by atoms with E-state index in [1.807, 2.05) is 20.8 Å². The summed E-state index contributed by atoms with van der Waals surface area (Å²) < 4.78 is 13.0. The van der Waals surface area contributed by atoms with Crippen LogP contribution in [0.1, 0.15) is 31.3 Å². The first kappa shape index (κ1) is 11.6. The van der Waals surface area contributed by atoms with Gasteiger partial charge in [-0.25, -0.2) is 9.37 Å². The first-order valence-corrected chi connectivity index (χ1v) is 5.54. The van der Waals surface area contributed by atoms with Gasteiger partial charge in [0.1, 0.15) is 5.82 Å². The molecule has 4 heteroatoms. The monoisotopic (exact) mass is 234 g/mol. The van der Waals surface area contributed by atoms with E-state index in [2.05, 4.69) is 9.97 Å². The second-order valence-electron chi connectivity index (χ2n) is 4.42. The molecule has 0 atom stereocenters. The number of nitrogens with zero attached hydrogens (tertiary/aromatic N) is 1. The number of halogens is 1. The van der Waals surface area contributed by atoms with Crippen LogP contribution in [0.15, 0.2) is 18.2 Å². The number of aryl methyl sites for hydroxylation is 1. The zero-order chi connectivity index (χ0) is 12.6. The minimum absolute atomic E-state index is 0.302. The van der Waals surface area contributed by atoms with Crippen LogP contribution in [0.3, 0.4) is 0 Å². The van der Waals surface area contributed by atoms with E-state index in [4.69, 9.17) is 0 Å². The van der Waals surface area contributed by atoms with Crippen LogP contribution in [0, 0.1) is 12.7 Å². The molecule has 0 aliphatic rings. The molecule has 0 saturated heterocycles. The number of H-pyrrole nitrogens is 1. The van der Waals surface area contributed by atoms with Crippen molar-refractivity contribution in [2.75, 3.05) is 0 Å². The van der Waals surface area contributed by atoms with E-state index in [0.717, 1.165) is 17.2 Å². The highest BCUT2D eigenvalue weighted by molar-refractivity contribution is 5.63. The van der Waals surface area contributed by atoms with Crippen LogP contribution in [0.2, 0.25) is 0 Å². The molecule has 2 rings (SSSR count). The third kappa shape index (κ3) is 2.16. The van der Waals surface area contributed by atoms with Gasteiger partial charge in [-0.2, -0.15) is 0 Å². The minimum atomic E-state index is -0.619. The van der Waals surface area contributed by atoms with Gasteiger partial charge in [-0.15, -0.1) is 0 Å². The molecule has 0 radical (unpaired) electrons. The van der Waals surface area contributed by atoms with E-state index in [-0.39, 0.29) is 5.75 Å². The first-order valence-electron chi connectivity index (χ1n) is 5.54. The lowest BCUT2D eigenvalue weighted by Gasteiger charge is -2.00. The number of rotatable bonds is 2. The van der Waals surface area contributed by atoms with Gasteiger partial charge < -0.3 is 10.1 Å². The van der Waals surface area contributed by atoms with E-state index in [1.165, 1.54) is 12.1 Å². The molecule has 0 aliphatic heterocycles. The van der Waals surface area contributed by atoms with Gasteiger partial charge in [0, 0.05) is 17.2 Å². The number of phenols is 1. The Morgan fingerprint density at radius 3 is 2.59 bits per heavy atom. The fraction of sp³-hybridized carbons (Fsp3) is 0.308. The number of hydrogen-bond donors (Lipinski definition) is 2. The van der Waals surface area contributed by atoms with Gasteiger partial charge in [0.25, 0.3) is 0 Å². The Morgan fingerprint density at radius 2 is 2.06 bits per heavy atom. The summed E-state index contributed by atoms with van der Waals surface area (Å²) >= 11 is 0. The van der Waals surface area contributed by atoms with Gasteiger partial charge in [-0.1, -0.05) is 13.8 Å². The summed E-state index contributed by atoms with van der Waals surface area (Å²) in [5.41, 5.74) is 2.38. The number of nitrogens with one attached hydrogen (secondary N) is 1. The van der Waals surface area contributed by atoms with Crippen molar-refractivity contribution in [1.82, 2.24) is 9.97 Å². The normalized spacial score (nSPS) is 11.1. The lowest BCUT2D eigenvalue weighted by atomic mass is 10.1. The van der Waals surface area contributed by atoms with Crippen molar-refractivity contribution in [1.29, 1.82) is 0 Å². The topological polar surface area (TPSA) is 48.9 Å². The molecule has 0 bridgehead atoms. The molecule has 2 aromatic rings. The number of aromatic nitrogens is 2. The molecular weight excluding hydrogens is 219 g/mol. The molecule has 0 spiro atoms. The molecule has 3 nitrogen and oxygen atoms in total. The van der Waals surface area contributed by atoms with E-state index in [9.17, 15) is 9.50 Å². The molecular formula is C13H15FN2O. The first-order chi connectivity index (χ1) is 7.99. The molecule has 0 unspecified atom stereocenters. The van der Waals surface area contributed by atoms with Crippen molar-refractivity contribution in [3.05, 3.63) is 35.5 Å². The van der Waals surface area contributed by atoms with Crippen LogP contribution < -0.4 is 0 Å². The molecule has 1 aromatic carbocycles. The van der Waals surface area contributed by atoms with Crippen LogP contribution >= 0.6 is 0 Å². The van der Waals surface area contributed by atoms with Crippen LogP contribution in [0.25, 0.3) is 11.3 Å². The fourth-order valence-electron chi connectivity index (χ4n) is 1.70. The van der Waals surface area contributed by atoms with Crippen molar-refractivity contribution in [3.8, 4) is 17.0 Å². The molecule has 1 aromatic heterocycles. The molecule has 0 amide bonds. The largest absolute Gasteiger partial charge is 0.505 e. The summed E-state index contributed by atoms with van der Waals surface area (Å²) in [6.45, 7) is 6.00. The van der Waals surface area contributed by atoms with Crippen molar-refractivity contribution in [2.24, 2.45) is 0 Å². The fourth-order valence-corrected chi connectivity index (χ4v) is 1.70. The zero-order valence-corrected chi connectivity index (χ0v) is 10.1. The number of benzene rings is 1. The smallest absolute Gasteiger partial charge is 0.164 e. The quantitative estimate of drug-likeness (QED) is 0.837. The Labute approximate surface area is 99.3 Å². The third-order valence-electron chi connectivity index (χ3n) is 2.67. The number of aromatic amines is 1. The number of phenolic OH excluding ortho intramolecular Hbond substituents is 1. The lowest BCUT2D eigenvalue weighted by molar-refractivity contribution is 0.432. The van der Waals surface area contributed by atoms with Crippen molar-refractivity contribution >= 4 is 0 Å². The van der Waals surface area contributed by atoms with Crippen LogP contribution in [0.5, 0.6) is 5.75 Å². The van der Waals surface area contributed by atoms with Crippen molar-refractivity contribution < 1.29 is 9.50 Å². The summed E-state index contributed by atoms with van der Waals surface area (Å²) in [4.78, 5) is 7.65. The maximum atomic E-state index is 13.0. The molecule has 2 N–H and O–H groups in total. The molecule has 0 fully saturated rings. The summed E-state index contributed by atoms with van der Waals surface area (Å²) in [6.07, 6.45) is 0. The summed E-state index contributed by atoms with van der Waals surface area (Å²) in [7, 11) is 0. The van der Waals surface area contributed by atoms with E-state index in [1.54, 1.807) is 6.07 Å². The van der Waals surface area contributed by atoms with Gasteiger partial charge >= 0.3 is 0 Å². The van der Waals surface area contributed by atoms with Gasteiger partial charge in [-0.05, 0) is 25.1 Å². The molecule has 0 aliphatic carbocycles. The molecule has 1 heterocycles. The van der Waals surface area contributed by atoms with Crippen LogP contribution in [-0.2, 0) is 0 Å². The molecule has 17 heavy (non-hydrogen) atoms. The molecule has 90 valence electrons. The Bertz CT molecular complexity index is 546. The Kier molecular flexibility index (Phi) is 2.88. The average molecular weight is 234 g/mol. The summed E-state index contributed by atoms with van der Waals surface area (Å²) in [6, 6.07) is 4.25. The number of imidazole rings is 1. The zero-order valence-electron chi connectivity index (χ0n) is 10.1. The highest BCUT2D eigenvalue weighted by Gasteiger charge is 2.12. The van der Waals surface area contributed by atoms with Crippen LogP contribution in [0.4, 0.5) is 4.39 Å². The summed E-state index contributed by atoms with van der Waals surface area (Å²) in [5, 5.41) is 9.36. The SMILES string of the molecule is Cc1[nH]c(C(C)C)nc1-c1ccc(F)c(O)c1. The maximum Gasteiger partial charge on any atom is 0.164 e. The van der Waals surface area contributed by atoms with Crippen LogP contribution in [-0.4, -0.2) is 15.1 Å². The standard InChI is InChI=1S/C13H15FN2O/c1-7(2)13-15-8(3)12(16-13)9-4-5-10(14)11(17)6-9/h4-7,17H,1-3H3,(H,15,16). The summed E-state index contributed by atoms with van der Waals surface area (Å²) in [5.74, 6) is 0.222. The van der Waals surface area contributed by atoms with Crippen molar-refractivity contribution in [3.63, 3.8) is 0 Å². The maximum absolute atomic E-state index is 13.0. The number of aromatic hydroxyl groups is 1. The van der Waals surface area contributed by atoms with Gasteiger partial charge in [0.15, 0.2) is 11.6 Å². The highest BCUT2D eigenvalue weighted by atomic mass is 19.1.